The molecule has 0 unspecified atom stereocenters. The van der Waals surface area contributed by atoms with Crippen molar-refractivity contribution in [1.82, 2.24) is 9.88 Å². The van der Waals surface area contributed by atoms with Gasteiger partial charge in [0.2, 0.25) is 0 Å². The van der Waals surface area contributed by atoms with Gasteiger partial charge in [-0.3, -0.25) is 4.79 Å². The number of carbonyl (C=O) groups is 1. The lowest BCUT2D eigenvalue weighted by molar-refractivity contribution is 0.0728. The average molecular weight is 365 g/mol. The zero-order valence-corrected chi connectivity index (χ0v) is 14.5. The van der Waals surface area contributed by atoms with E-state index in [1.165, 1.54) is 11.1 Å². The van der Waals surface area contributed by atoms with Crippen molar-refractivity contribution in [3.63, 3.8) is 0 Å². The molecular formula is C16H17BrN2OS. The fourth-order valence-corrected chi connectivity index (χ4v) is 4.15. The van der Waals surface area contributed by atoms with Gasteiger partial charge in [0.25, 0.3) is 5.91 Å². The molecule has 0 aliphatic carbocycles. The molecule has 3 rings (SSSR count). The van der Waals surface area contributed by atoms with E-state index in [-0.39, 0.29) is 5.91 Å². The summed E-state index contributed by atoms with van der Waals surface area (Å²) in [4.78, 5) is 20.2. The molecule has 3 nitrogen and oxygen atoms in total. The molecule has 5 heteroatoms. The molecule has 0 saturated heterocycles. The van der Waals surface area contributed by atoms with E-state index in [0.717, 1.165) is 21.8 Å². The van der Waals surface area contributed by atoms with Crippen LogP contribution in [0.15, 0.2) is 28.2 Å². The van der Waals surface area contributed by atoms with E-state index >= 15 is 0 Å². The number of hydrogen-bond acceptors (Lipinski definition) is 3. The Bertz CT molecular complexity index is 681. The Morgan fingerprint density at radius 2 is 2.05 bits per heavy atom. The summed E-state index contributed by atoms with van der Waals surface area (Å²) in [5.74, 6) is 0.361. The number of amides is 1. The van der Waals surface area contributed by atoms with Gasteiger partial charge in [-0.05, 0) is 39.4 Å². The maximum atomic E-state index is 12.8. The van der Waals surface area contributed by atoms with Crippen LogP contribution >= 0.6 is 27.3 Å². The number of rotatable bonds is 2. The van der Waals surface area contributed by atoms with E-state index in [4.69, 9.17) is 0 Å². The van der Waals surface area contributed by atoms with Crippen molar-refractivity contribution in [3.8, 4) is 0 Å². The molecule has 110 valence electrons. The van der Waals surface area contributed by atoms with Gasteiger partial charge in [-0.15, -0.1) is 11.3 Å². The van der Waals surface area contributed by atoms with Gasteiger partial charge in [-0.2, -0.15) is 0 Å². The summed E-state index contributed by atoms with van der Waals surface area (Å²) in [6.07, 6.45) is 0.921. The molecule has 1 amide bonds. The van der Waals surface area contributed by atoms with E-state index in [9.17, 15) is 4.79 Å². The molecule has 0 bridgehead atoms. The van der Waals surface area contributed by atoms with Gasteiger partial charge < -0.3 is 4.90 Å². The standard InChI is InChI=1S/C16H17BrN2OS/c1-10(2)14-13(18-16(17)21-14)15(20)19-8-7-11-5-3-4-6-12(11)9-19/h3-6,10H,7-9H2,1-2H3. The van der Waals surface area contributed by atoms with Gasteiger partial charge in [0.05, 0.1) is 0 Å². The highest BCUT2D eigenvalue weighted by Crippen LogP contribution is 2.31. The first-order valence-corrected chi connectivity index (χ1v) is 8.69. The monoisotopic (exact) mass is 364 g/mol. The highest BCUT2D eigenvalue weighted by molar-refractivity contribution is 9.11. The lowest BCUT2D eigenvalue weighted by Crippen LogP contribution is -2.36. The highest BCUT2D eigenvalue weighted by atomic mass is 79.9. The van der Waals surface area contributed by atoms with E-state index in [1.807, 2.05) is 11.0 Å². The molecule has 1 aromatic carbocycles. The fraction of sp³-hybridized carbons (Fsp3) is 0.375. The summed E-state index contributed by atoms with van der Waals surface area (Å²) in [5.41, 5.74) is 3.21. The quantitative estimate of drug-likeness (QED) is 0.798. The molecule has 21 heavy (non-hydrogen) atoms. The first kappa shape index (κ1) is 14.7. The Morgan fingerprint density at radius 1 is 1.33 bits per heavy atom. The first-order chi connectivity index (χ1) is 10.1. The predicted octanol–water partition coefficient (Wildman–Crippen LogP) is 4.23. The number of carbonyl (C=O) groups excluding carboxylic acids is 1. The van der Waals surface area contributed by atoms with Gasteiger partial charge in [0.1, 0.15) is 5.69 Å². The summed E-state index contributed by atoms with van der Waals surface area (Å²) in [5, 5.41) is 0. The van der Waals surface area contributed by atoms with Crippen LogP contribution in [0.25, 0.3) is 0 Å². The van der Waals surface area contributed by atoms with Crippen LogP contribution in [0, 0.1) is 0 Å². The number of aromatic nitrogens is 1. The molecule has 0 N–H and O–H groups in total. The number of benzene rings is 1. The van der Waals surface area contributed by atoms with Crippen LogP contribution in [-0.4, -0.2) is 22.3 Å². The molecule has 1 aliphatic heterocycles. The topological polar surface area (TPSA) is 33.2 Å². The second kappa shape index (κ2) is 5.89. The minimum Gasteiger partial charge on any atom is -0.333 e. The third-order valence-corrected chi connectivity index (χ3v) is 5.58. The molecule has 0 atom stereocenters. The van der Waals surface area contributed by atoms with Gasteiger partial charge in [0.15, 0.2) is 3.92 Å². The van der Waals surface area contributed by atoms with Crippen LogP contribution in [0.5, 0.6) is 0 Å². The number of halogens is 1. The Morgan fingerprint density at radius 3 is 2.76 bits per heavy atom. The van der Waals surface area contributed by atoms with Crippen molar-refractivity contribution in [2.75, 3.05) is 6.54 Å². The van der Waals surface area contributed by atoms with E-state index in [2.05, 4.69) is 53.0 Å². The average Bonchev–Trinajstić information content (AvgIpc) is 2.88. The normalized spacial score (nSPS) is 14.4. The molecule has 0 spiro atoms. The van der Waals surface area contributed by atoms with Gasteiger partial charge >= 0.3 is 0 Å². The number of thiazole rings is 1. The molecule has 1 aromatic heterocycles. The van der Waals surface area contributed by atoms with Crippen LogP contribution in [0.3, 0.4) is 0 Å². The maximum Gasteiger partial charge on any atom is 0.273 e. The molecule has 0 fully saturated rings. The Hall–Kier alpha value is -1.20. The summed E-state index contributed by atoms with van der Waals surface area (Å²) in [6, 6.07) is 8.35. The summed E-state index contributed by atoms with van der Waals surface area (Å²) in [6.45, 7) is 5.65. The number of hydrogen-bond donors (Lipinski definition) is 0. The van der Waals surface area contributed by atoms with Crippen molar-refractivity contribution >= 4 is 33.2 Å². The SMILES string of the molecule is CC(C)c1sc(Br)nc1C(=O)N1CCc2ccccc2C1. The summed E-state index contributed by atoms with van der Waals surface area (Å²) >= 11 is 4.96. The van der Waals surface area contributed by atoms with Crippen molar-refractivity contribution in [2.45, 2.75) is 32.7 Å². The predicted molar refractivity (Wildman–Crippen MR) is 88.8 cm³/mol. The minimum absolute atomic E-state index is 0.0511. The van der Waals surface area contributed by atoms with Crippen LogP contribution in [0.1, 0.15) is 46.3 Å². The largest absolute Gasteiger partial charge is 0.333 e. The molecule has 0 saturated carbocycles. The Kier molecular flexibility index (Phi) is 4.13. The van der Waals surface area contributed by atoms with Crippen LogP contribution in [0.2, 0.25) is 0 Å². The van der Waals surface area contributed by atoms with Crippen LogP contribution < -0.4 is 0 Å². The van der Waals surface area contributed by atoms with E-state index in [1.54, 1.807) is 11.3 Å². The number of fused-ring (bicyclic) bond motifs is 1. The second-order valence-electron chi connectivity index (χ2n) is 5.58. The lowest BCUT2D eigenvalue weighted by atomic mass is 9.99. The third kappa shape index (κ3) is 2.90. The maximum absolute atomic E-state index is 12.8. The Labute approximate surface area is 137 Å². The third-order valence-electron chi connectivity index (χ3n) is 3.77. The van der Waals surface area contributed by atoms with Crippen molar-refractivity contribution in [2.24, 2.45) is 0 Å². The fourth-order valence-electron chi connectivity index (χ4n) is 2.67. The minimum atomic E-state index is 0.0511. The smallest absolute Gasteiger partial charge is 0.273 e. The van der Waals surface area contributed by atoms with E-state index in [0.29, 0.717) is 18.2 Å². The molecule has 1 aliphatic rings. The van der Waals surface area contributed by atoms with Crippen LogP contribution in [0.4, 0.5) is 0 Å². The lowest BCUT2D eigenvalue weighted by Gasteiger charge is -2.28. The summed E-state index contributed by atoms with van der Waals surface area (Å²) in [7, 11) is 0. The van der Waals surface area contributed by atoms with Crippen LogP contribution in [-0.2, 0) is 13.0 Å². The number of nitrogens with zero attached hydrogens (tertiary/aromatic N) is 2. The highest BCUT2D eigenvalue weighted by Gasteiger charge is 2.27. The first-order valence-electron chi connectivity index (χ1n) is 7.08. The second-order valence-corrected chi connectivity index (χ2v) is 7.89. The van der Waals surface area contributed by atoms with Gasteiger partial charge in [-0.25, -0.2) is 4.98 Å². The van der Waals surface area contributed by atoms with Crippen molar-refractivity contribution in [1.29, 1.82) is 0 Å². The van der Waals surface area contributed by atoms with Crippen molar-refractivity contribution < 1.29 is 4.79 Å². The zero-order valence-electron chi connectivity index (χ0n) is 12.1. The van der Waals surface area contributed by atoms with E-state index < -0.39 is 0 Å². The zero-order chi connectivity index (χ0) is 15.0. The Balaban J connectivity index is 1.87. The van der Waals surface area contributed by atoms with Gasteiger partial charge in [-0.1, -0.05) is 38.1 Å². The molecular weight excluding hydrogens is 348 g/mol. The molecule has 0 radical (unpaired) electrons. The molecule has 2 heterocycles. The summed E-state index contributed by atoms with van der Waals surface area (Å²) < 4.78 is 0.784. The molecule has 2 aromatic rings. The van der Waals surface area contributed by atoms with Crippen molar-refractivity contribution in [3.05, 3.63) is 49.9 Å². The van der Waals surface area contributed by atoms with Gasteiger partial charge in [0, 0.05) is 18.0 Å².